The third-order valence-corrected chi connectivity index (χ3v) is 9.51. The first kappa shape index (κ1) is 41.7. The van der Waals surface area contributed by atoms with Crippen LogP contribution >= 0.6 is 11.8 Å². The van der Waals surface area contributed by atoms with Gasteiger partial charge in [0.1, 0.15) is 24.1 Å². The summed E-state index contributed by atoms with van der Waals surface area (Å²) in [6, 6.07) is 12.3. The lowest BCUT2D eigenvalue weighted by Crippen LogP contribution is -2.29. The second kappa shape index (κ2) is 19.8. The Morgan fingerprint density at radius 2 is 1.60 bits per heavy atom. The molecule has 1 fully saturated rings. The van der Waals surface area contributed by atoms with E-state index in [0.29, 0.717) is 57.4 Å². The molecule has 0 bridgehead atoms. The van der Waals surface area contributed by atoms with Gasteiger partial charge in [0.25, 0.3) is 0 Å². The number of thioether (sulfide) groups is 1. The van der Waals surface area contributed by atoms with Gasteiger partial charge in [0.05, 0.1) is 11.1 Å². The summed E-state index contributed by atoms with van der Waals surface area (Å²) >= 11 is 1.37. The van der Waals surface area contributed by atoms with Crippen molar-refractivity contribution >= 4 is 35.1 Å². The predicted octanol–water partition coefficient (Wildman–Crippen LogP) is 7.40. The van der Waals surface area contributed by atoms with Crippen molar-refractivity contribution in [1.82, 2.24) is 14.9 Å². The largest absolute Gasteiger partial charge is 0.462 e. The molecular formula is C36H43F6N5O5S. The molecule has 17 heteroatoms. The molecule has 1 aromatic heterocycles. The van der Waals surface area contributed by atoms with Gasteiger partial charge in [0.2, 0.25) is 5.91 Å². The van der Waals surface area contributed by atoms with Gasteiger partial charge < -0.3 is 25.0 Å². The van der Waals surface area contributed by atoms with E-state index in [0.717, 1.165) is 12.1 Å². The molecule has 290 valence electrons. The van der Waals surface area contributed by atoms with E-state index >= 15 is 0 Å². The van der Waals surface area contributed by atoms with Crippen LogP contribution in [0.3, 0.4) is 0 Å². The number of halogens is 6. The molecule has 4 rings (SSSR count). The monoisotopic (exact) mass is 771 g/mol. The highest BCUT2D eigenvalue weighted by Crippen LogP contribution is 2.36. The zero-order valence-electron chi connectivity index (χ0n) is 29.2. The number of hydrogen-bond donors (Lipinski definition) is 2. The average Bonchev–Trinajstić information content (AvgIpc) is 3.58. The van der Waals surface area contributed by atoms with Crippen molar-refractivity contribution in [3.05, 3.63) is 88.0 Å². The Kier molecular flexibility index (Phi) is 15.6. The van der Waals surface area contributed by atoms with Gasteiger partial charge in [-0.25, -0.2) is 4.79 Å². The van der Waals surface area contributed by atoms with Crippen molar-refractivity contribution < 1.29 is 45.4 Å². The molecule has 0 aliphatic carbocycles. The van der Waals surface area contributed by atoms with Crippen LogP contribution in [0.15, 0.2) is 65.6 Å². The third kappa shape index (κ3) is 13.4. The highest BCUT2D eigenvalue weighted by atomic mass is 32.2. The van der Waals surface area contributed by atoms with Crippen molar-refractivity contribution in [2.24, 2.45) is 0 Å². The van der Waals surface area contributed by atoms with Crippen LogP contribution in [0.4, 0.5) is 37.8 Å². The Morgan fingerprint density at radius 1 is 0.925 bits per heavy atom. The Labute approximate surface area is 307 Å². The van der Waals surface area contributed by atoms with E-state index in [9.17, 15) is 40.7 Å². The van der Waals surface area contributed by atoms with Crippen molar-refractivity contribution in [2.75, 3.05) is 42.7 Å². The summed E-state index contributed by atoms with van der Waals surface area (Å²) < 4.78 is 91.7. The molecular weight excluding hydrogens is 728 g/mol. The molecule has 2 aromatic carbocycles. The van der Waals surface area contributed by atoms with Crippen molar-refractivity contribution in [3.8, 4) is 0 Å². The lowest BCUT2D eigenvalue weighted by Gasteiger charge is -2.23. The second-order valence-corrected chi connectivity index (χ2v) is 13.7. The van der Waals surface area contributed by atoms with Gasteiger partial charge in [-0.1, -0.05) is 43.2 Å². The molecule has 2 unspecified atom stereocenters. The molecule has 1 aliphatic heterocycles. The fraction of sp³-hybridized carbons (Fsp3) is 0.500. The molecule has 1 saturated heterocycles. The zero-order chi connectivity index (χ0) is 38.4. The van der Waals surface area contributed by atoms with E-state index < -0.39 is 46.8 Å². The lowest BCUT2D eigenvalue weighted by atomic mass is 10.1. The van der Waals surface area contributed by atoms with E-state index in [1.54, 1.807) is 24.1 Å². The molecule has 2 N–H and O–H groups in total. The van der Waals surface area contributed by atoms with Gasteiger partial charge in [0, 0.05) is 50.6 Å². The van der Waals surface area contributed by atoms with E-state index in [4.69, 9.17) is 9.47 Å². The smallest absolute Gasteiger partial charge is 0.418 e. The fourth-order valence-electron chi connectivity index (χ4n) is 5.66. The summed E-state index contributed by atoms with van der Waals surface area (Å²) in [5, 5.41) is 5.61. The number of hydrogen-bond acceptors (Lipinski definition) is 9. The van der Waals surface area contributed by atoms with Gasteiger partial charge in [-0.05, 0) is 62.1 Å². The Bertz CT molecular complexity index is 1710. The topological polar surface area (TPSA) is 115 Å². The van der Waals surface area contributed by atoms with Crippen LogP contribution in [-0.2, 0) is 38.0 Å². The first-order chi connectivity index (χ1) is 25.2. The number of rotatable bonds is 19. The van der Waals surface area contributed by atoms with Crippen molar-refractivity contribution in [1.29, 1.82) is 0 Å². The maximum Gasteiger partial charge on any atom is 0.418 e. The molecule has 1 aliphatic rings. The highest BCUT2D eigenvalue weighted by Gasteiger charge is 2.34. The number of esters is 1. The molecule has 3 aromatic rings. The van der Waals surface area contributed by atoms with Gasteiger partial charge in [-0.2, -0.15) is 31.3 Å². The number of aromatic nitrogens is 2. The third-order valence-electron chi connectivity index (χ3n) is 8.41. The molecule has 1 amide bonds. The number of unbranched alkanes of at least 4 members (excludes halogenated alkanes) is 4. The SMILES string of the molecule is CN(CCCCCC(=O)OCC1OC(n2ccc(NC(=O)CCCCCNCc3ccccc3C(F)(F)F)nc2=O)CS1)c1ccccc1C(F)(F)F. The van der Waals surface area contributed by atoms with Gasteiger partial charge in [0.15, 0.2) is 0 Å². The Hall–Kier alpha value is -4.09. The number of anilines is 2. The number of amides is 1. The van der Waals surface area contributed by atoms with Crippen LogP contribution in [0.2, 0.25) is 0 Å². The van der Waals surface area contributed by atoms with Crippen LogP contribution in [0.25, 0.3) is 0 Å². The molecule has 10 nitrogen and oxygen atoms in total. The van der Waals surface area contributed by atoms with Crippen LogP contribution in [0.5, 0.6) is 0 Å². The predicted molar refractivity (Wildman–Crippen MR) is 189 cm³/mol. The summed E-state index contributed by atoms with van der Waals surface area (Å²) in [5.41, 5.74) is -2.19. The fourth-order valence-corrected chi connectivity index (χ4v) is 6.65. The van der Waals surface area contributed by atoms with E-state index in [-0.39, 0.29) is 49.0 Å². The van der Waals surface area contributed by atoms with E-state index in [2.05, 4.69) is 15.6 Å². The average molecular weight is 772 g/mol. The number of carbonyl (C=O) groups is 2. The number of carbonyl (C=O) groups excluding carboxylic acids is 2. The first-order valence-electron chi connectivity index (χ1n) is 17.3. The quantitative estimate of drug-likeness (QED) is 0.0732. The van der Waals surface area contributed by atoms with Gasteiger partial charge in [-0.3, -0.25) is 14.2 Å². The number of ether oxygens (including phenoxy) is 2. The highest BCUT2D eigenvalue weighted by molar-refractivity contribution is 8.00. The second-order valence-electron chi connectivity index (χ2n) is 12.5. The normalized spacial score (nSPS) is 16.1. The summed E-state index contributed by atoms with van der Waals surface area (Å²) in [4.78, 5) is 42.8. The first-order valence-corrected chi connectivity index (χ1v) is 18.3. The standard InChI is InChI=1S/C36H43F6N5O5S/c1-46(28-15-9-8-14-27(28)36(40,41)42)20-11-3-5-17-32(49)51-23-33-52-31(24-53-33)47-21-18-29(45-34(47)50)44-30(48)16-4-2-10-19-43-22-25-12-6-7-13-26(25)35(37,38)39/h6-9,12-15,18,21,31,33,43H,2-5,10-11,16-17,19-20,22-24H2,1H3,(H,44,45,48,50). The molecule has 0 radical (unpaired) electrons. The summed E-state index contributed by atoms with van der Waals surface area (Å²) in [5.74, 6) is -0.245. The summed E-state index contributed by atoms with van der Waals surface area (Å²) in [6.07, 6.45) is -4.07. The number of alkyl halides is 6. The van der Waals surface area contributed by atoms with Crippen LogP contribution in [0, 0.1) is 0 Å². The van der Waals surface area contributed by atoms with Crippen LogP contribution in [0.1, 0.15) is 74.3 Å². The zero-order valence-corrected chi connectivity index (χ0v) is 30.0. The number of benzene rings is 2. The minimum absolute atomic E-state index is 0.0185. The number of nitrogens with zero attached hydrogens (tertiary/aromatic N) is 3. The molecule has 2 heterocycles. The molecule has 0 saturated carbocycles. The van der Waals surface area contributed by atoms with E-state index in [1.165, 1.54) is 52.9 Å². The van der Waals surface area contributed by atoms with Gasteiger partial charge in [-0.15, -0.1) is 11.8 Å². The summed E-state index contributed by atoms with van der Waals surface area (Å²) in [6.45, 7) is 0.964. The Morgan fingerprint density at radius 3 is 2.34 bits per heavy atom. The Balaban J connectivity index is 1.07. The lowest BCUT2D eigenvalue weighted by molar-refractivity contribution is -0.147. The van der Waals surface area contributed by atoms with Gasteiger partial charge >= 0.3 is 24.0 Å². The number of para-hydroxylation sites is 1. The van der Waals surface area contributed by atoms with E-state index in [1.807, 2.05) is 0 Å². The molecule has 0 spiro atoms. The maximum atomic E-state index is 13.3. The minimum Gasteiger partial charge on any atom is -0.462 e. The summed E-state index contributed by atoms with van der Waals surface area (Å²) in [7, 11) is 1.60. The van der Waals surface area contributed by atoms with Crippen molar-refractivity contribution in [3.63, 3.8) is 0 Å². The minimum atomic E-state index is -4.44. The maximum absolute atomic E-state index is 13.3. The molecule has 2 atom stereocenters. The number of nitrogens with one attached hydrogen (secondary N) is 2. The van der Waals surface area contributed by atoms with Crippen LogP contribution < -0.4 is 21.2 Å². The molecule has 53 heavy (non-hydrogen) atoms. The van der Waals surface area contributed by atoms with Crippen molar-refractivity contribution in [2.45, 2.75) is 81.9 Å². The van der Waals surface area contributed by atoms with Crippen LogP contribution in [-0.4, -0.2) is 59.4 Å².